The van der Waals surface area contributed by atoms with E-state index in [0.717, 1.165) is 19.2 Å². The predicted octanol–water partition coefficient (Wildman–Crippen LogP) is 2.74. The van der Waals surface area contributed by atoms with Crippen LogP contribution in [0.1, 0.15) is 34.1 Å². The fraction of sp³-hybridized carbons (Fsp3) is 0.316. The number of amides is 1. The molecule has 0 unspecified atom stereocenters. The van der Waals surface area contributed by atoms with Gasteiger partial charge >= 0.3 is 6.18 Å². The smallest absolute Gasteiger partial charge is 0.369 e. The molecule has 14 heteroatoms. The summed E-state index contributed by atoms with van der Waals surface area (Å²) in [5.41, 5.74) is 1.51. The average Bonchev–Trinajstić information content (AvgIpc) is 2.67. The number of nitrogens with two attached hydrogens (primary N) is 1. The third-order valence-corrected chi connectivity index (χ3v) is 7.00. The molecule has 1 aromatic carbocycles. The van der Waals surface area contributed by atoms with Gasteiger partial charge in [-0.25, -0.2) is 26.5 Å². The second-order valence-electron chi connectivity index (χ2n) is 7.63. The summed E-state index contributed by atoms with van der Waals surface area (Å²) >= 11 is 0. The summed E-state index contributed by atoms with van der Waals surface area (Å²) in [5.74, 6) is -4.96. The van der Waals surface area contributed by atoms with Crippen molar-refractivity contribution >= 4 is 27.6 Å². The first-order valence-electron chi connectivity index (χ1n) is 9.22. The summed E-state index contributed by atoms with van der Waals surface area (Å²) in [7, 11) is -2.84. The zero-order valence-electron chi connectivity index (χ0n) is 17.5. The number of guanidine groups is 1. The molecule has 0 radical (unpaired) electrons. The van der Waals surface area contributed by atoms with Crippen LogP contribution in [0.15, 0.2) is 29.4 Å². The quantitative estimate of drug-likeness (QED) is 0.641. The summed E-state index contributed by atoms with van der Waals surface area (Å²) < 4.78 is 92.8. The van der Waals surface area contributed by atoms with Crippen molar-refractivity contribution in [1.29, 1.82) is 0 Å². The fourth-order valence-electron chi connectivity index (χ4n) is 3.30. The fourth-order valence-corrected chi connectivity index (χ4v) is 4.75. The highest BCUT2D eigenvalue weighted by atomic mass is 32.2. The number of carbonyl (C=O) groups is 1. The zero-order valence-corrected chi connectivity index (χ0v) is 18.3. The number of hydrogen-bond donors (Lipinski definition) is 2. The normalized spacial score (nSPS) is 20.4. The van der Waals surface area contributed by atoms with Gasteiger partial charge in [0.15, 0.2) is 11.6 Å². The first-order chi connectivity index (χ1) is 15.0. The number of aliphatic imine (C=N–C) groups is 1. The van der Waals surface area contributed by atoms with Crippen LogP contribution in [0.5, 0.6) is 0 Å². The van der Waals surface area contributed by atoms with Crippen molar-refractivity contribution in [2.45, 2.75) is 25.6 Å². The Labute approximate surface area is 185 Å². The lowest BCUT2D eigenvalue weighted by molar-refractivity contribution is -0.137. The standard InChI is InChI=1S/C19H18F5N5O3S/c1-9-4-10(19(22,23)24)7-26-15(9)16(30)27-11-5-12(14(21)13(20)6-11)18(2)8-33(31,32)29(3)17(25)28-18/h4-7H,8H2,1-3H3,(H2,25,28)(H,27,30)/t18-/m0/s1. The first-order valence-corrected chi connectivity index (χ1v) is 10.8. The molecule has 3 rings (SSSR count). The number of alkyl halides is 3. The number of rotatable bonds is 3. The maximum atomic E-state index is 14.6. The Balaban J connectivity index is 2.00. The number of benzene rings is 1. The predicted molar refractivity (Wildman–Crippen MR) is 109 cm³/mol. The highest BCUT2D eigenvalue weighted by molar-refractivity contribution is 7.89. The van der Waals surface area contributed by atoms with Crippen LogP contribution < -0.4 is 11.1 Å². The van der Waals surface area contributed by atoms with Crippen LogP contribution in [0.25, 0.3) is 0 Å². The molecule has 0 fully saturated rings. The van der Waals surface area contributed by atoms with Gasteiger partial charge in [0.05, 0.1) is 11.3 Å². The molecule has 33 heavy (non-hydrogen) atoms. The van der Waals surface area contributed by atoms with Crippen molar-refractivity contribution in [3.63, 3.8) is 0 Å². The highest BCUT2D eigenvalue weighted by Gasteiger charge is 2.42. The molecule has 1 atom stereocenters. The van der Waals surface area contributed by atoms with E-state index in [1.807, 2.05) is 0 Å². The lowest BCUT2D eigenvalue weighted by atomic mass is 9.93. The number of aryl methyl sites for hydroxylation is 1. The van der Waals surface area contributed by atoms with Crippen LogP contribution in [0.3, 0.4) is 0 Å². The minimum Gasteiger partial charge on any atom is -0.369 e. The molecule has 1 amide bonds. The van der Waals surface area contributed by atoms with E-state index in [4.69, 9.17) is 5.73 Å². The molecule has 0 spiro atoms. The second kappa shape index (κ2) is 7.93. The maximum Gasteiger partial charge on any atom is 0.417 e. The molecule has 3 N–H and O–H groups in total. The number of carbonyl (C=O) groups excluding carboxylic acids is 1. The van der Waals surface area contributed by atoms with Crippen molar-refractivity contribution in [2.24, 2.45) is 10.7 Å². The molecule has 0 aliphatic carbocycles. The van der Waals surface area contributed by atoms with Gasteiger partial charge < -0.3 is 11.1 Å². The van der Waals surface area contributed by atoms with E-state index < -0.39 is 62.1 Å². The molecule has 1 aliphatic rings. The number of nitrogens with zero attached hydrogens (tertiary/aromatic N) is 3. The van der Waals surface area contributed by atoms with Gasteiger partial charge in [-0.15, -0.1) is 0 Å². The van der Waals surface area contributed by atoms with Crippen molar-refractivity contribution in [1.82, 2.24) is 9.29 Å². The van der Waals surface area contributed by atoms with Crippen LogP contribution in [-0.4, -0.2) is 42.4 Å². The van der Waals surface area contributed by atoms with E-state index in [1.165, 1.54) is 13.8 Å². The Morgan fingerprint density at radius 3 is 2.42 bits per heavy atom. The van der Waals surface area contributed by atoms with Gasteiger partial charge in [-0.1, -0.05) is 0 Å². The van der Waals surface area contributed by atoms with E-state index >= 15 is 0 Å². The van der Waals surface area contributed by atoms with Crippen molar-refractivity contribution in [3.8, 4) is 0 Å². The van der Waals surface area contributed by atoms with Gasteiger partial charge in [0.25, 0.3) is 5.91 Å². The van der Waals surface area contributed by atoms with Crippen LogP contribution in [0, 0.1) is 18.6 Å². The summed E-state index contributed by atoms with van der Waals surface area (Å²) in [4.78, 5) is 20.0. The lowest BCUT2D eigenvalue weighted by Gasteiger charge is -2.34. The van der Waals surface area contributed by atoms with E-state index in [-0.39, 0.29) is 16.9 Å². The van der Waals surface area contributed by atoms with Crippen LogP contribution in [0.4, 0.5) is 27.6 Å². The largest absolute Gasteiger partial charge is 0.417 e. The monoisotopic (exact) mass is 491 g/mol. The third-order valence-electron chi connectivity index (χ3n) is 5.05. The third kappa shape index (κ3) is 4.60. The van der Waals surface area contributed by atoms with Gasteiger partial charge in [0.1, 0.15) is 11.2 Å². The van der Waals surface area contributed by atoms with E-state index in [2.05, 4.69) is 15.3 Å². The zero-order chi connectivity index (χ0) is 24.9. The van der Waals surface area contributed by atoms with Gasteiger partial charge in [0.2, 0.25) is 16.0 Å². The number of nitrogens with one attached hydrogen (secondary N) is 1. The van der Waals surface area contributed by atoms with Crippen molar-refractivity contribution in [2.75, 3.05) is 18.1 Å². The first kappa shape index (κ1) is 24.4. The maximum absolute atomic E-state index is 14.6. The summed E-state index contributed by atoms with van der Waals surface area (Å²) in [6, 6.07) is 2.34. The van der Waals surface area contributed by atoms with Crippen LogP contribution in [0.2, 0.25) is 0 Å². The van der Waals surface area contributed by atoms with Crippen LogP contribution >= 0.6 is 0 Å². The van der Waals surface area contributed by atoms with E-state index in [9.17, 15) is 35.2 Å². The summed E-state index contributed by atoms with van der Waals surface area (Å²) in [5, 5.41) is 2.23. The number of halogens is 5. The molecule has 0 saturated heterocycles. The van der Waals surface area contributed by atoms with Gasteiger partial charge in [-0.2, -0.15) is 13.2 Å². The summed E-state index contributed by atoms with van der Waals surface area (Å²) in [6.45, 7) is 2.46. The number of hydrogen-bond acceptors (Lipinski definition) is 6. The molecule has 2 aromatic rings. The Kier molecular flexibility index (Phi) is 5.86. The van der Waals surface area contributed by atoms with Gasteiger partial charge in [0, 0.05) is 30.6 Å². The Bertz CT molecular complexity index is 1280. The Hall–Kier alpha value is -3.29. The number of pyridine rings is 1. The highest BCUT2D eigenvalue weighted by Crippen LogP contribution is 2.36. The molecular formula is C19H18F5N5O3S. The lowest BCUT2D eigenvalue weighted by Crippen LogP contribution is -2.50. The average molecular weight is 491 g/mol. The van der Waals surface area contributed by atoms with E-state index in [1.54, 1.807) is 0 Å². The minimum atomic E-state index is -4.66. The number of sulfonamides is 1. The van der Waals surface area contributed by atoms with Crippen molar-refractivity contribution < 1.29 is 35.2 Å². The Morgan fingerprint density at radius 1 is 1.24 bits per heavy atom. The number of aromatic nitrogens is 1. The SMILES string of the molecule is Cc1cc(C(F)(F)F)cnc1C(=O)Nc1cc(F)c(F)c([C@]2(C)CS(=O)(=O)N(C)C(N)=N2)c1. The molecule has 0 saturated carbocycles. The molecular weight excluding hydrogens is 473 g/mol. The molecule has 178 valence electrons. The molecule has 0 bridgehead atoms. The van der Waals surface area contributed by atoms with Crippen LogP contribution in [-0.2, 0) is 21.7 Å². The topological polar surface area (TPSA) is 118 Å². The Morgan fingerprint density at radius 2 is 1.88 bits per heavy atom. The number of anilines is 1. The molecule has 1 aliphatic heterocycles. The van der Waals surface area contributed by atoms with Gasteiger partial charge in [-0.3, -0.25) is 9.78 Å². The van der Waals surface area contributed by atoms with Gasteiger partial charge in [-0.05, 0) is 31.5 Å². The molecule has 1 aromatic heterocycles. The van der Waals surface area contributed by atoms with E-state index in [0.29, 0.717) is 16.6 Å². The molecule has 2 heterocycles. The second-order valence-corrected chi connectivity index (χ2v) is 9.63. The minimum absolute atomic E-state index is 0.101. The molecule has 8 nitrogen and oxygen atoms in total. The van der Waals surface area contributed by atoms with Crippen molar-refractivity contribution in [3.05, 3.63) is 58.4 Å². The summed E-state index contributed by atoms with van der Waals surface area (Å²) in [6.07, 6.45) is -4.19.